The first-order valence-corrected chi connectivity index (χ1v) is 6.45. The van der Waals surface area contributed by atoms with Crippen LogP contribution in [0.15, 0.2) is 12.1 Å². The summed E-state index contributed by atoms with van der Waals surface area (Å²) in [5.74, 6) is 1.35. The maximum absolute atomic E-state index is 6.01. The van der Waals surface area contributed by atoms with E-state index in [0.29, 0.717) is 10.9 Å². The highest BCUT2D eigenvalue weighted by Crippen LogP contribution is 2.33. The minimum atomic E-state index is 0.185. The zero-order valence-electron chi connectivity index (χ0n) is 9.63. The molecule has 2 nitrogen and oxygen atoms in total. The predicted molar refractivity (Wildman–Crippen MR) is 69.5 cm³/mol. The Bertz CT molecular complexity index is 391. The molecule has 0 amide bonds. The van der Waals surface area contributed by atoms with Crippen molar-refractivity contribution in [2.45, 2.75) is 38.1 Å². The smallest absolute Gasteiger partial charge is 0.129 e. The standard InChI is InChI=1S/C12H16Cl2N2/c1-12(2)6-3-7-16(12)11-5-4-9(14)10(8-13)15-11/h4-5H,3,6-8H2,1-2H3. The van der Waals surface area contributed by atoms with Crippen LogP contribution in [0.25, 0.3) is 0 Å². The predicted octanol–water partition coefficient (Wildman–Crippen LogP) is 3.85. The van der Waals surface area contributed by atoms with E-state index >= 15 is 0 Å². The Morgan fingerprint density at radius 2 is 2.19 bits per heavy atom. The molecule has 2 heterocycles. The molecule has 0 radical (unpaired) electrons. The SMILES string of the molecule is CC1(C)CCCN1c1ccc(Cl)c(CCl)n1. The molecule has 2 rings (SSSR count). The Balaban J connectivity index is 2.34. The molecule has 0 spiro atoms. The van der Waals surface area contributed by atoms with Gasteiger partial charge in [-0.2, -0.15) is 0 Å². The maximum atomic E-state index is 6.01. The van der Waals surface area contributed by atoms with Gasteiger partial charge in [-0.15, -0.1) is 11.6 Å². The fourth-order valence-corrected chi connectivity index (χ4v) is 2.69. The van der Waals surface area contributed by atoms with E-state index in [1.807, 2.05) is 12.1 Å². The highest BCUT2D eigenvalue weighted by atomic mass is 35.5. The summed E-state index contributed by atoms with van der Waals surface area (Å²) in [6.07, 6.45) is 2.42. The van der Waals surface area contributed by atoms with Crippen LogP contribution in [0.3, 0.4) is 0 Å². The number of rotatable bonds is 2. The van der Waals surface area contributed by atoms with E-state index in [9.17, 15) is 0 Å². The quantitative estimate of drug-likeness (QED) is 0.750. The van der Waals surface area contributed by atoms with Gasteiger partial charge in [-0.1, -0.05) is 11.6 Å². The zero-order chi connectivity index (χ0) is 11.8. The lowest BCUT2D eigenvalue weighted by molar-refractivity contribution is 0.514. The van der Waals surface area contributed by atoms with Gasteiger partial charge in [-0.05, 0) is 38.8 Å². The maximum Gasteiger partial charge on any atom is 0.129 e. The lowest BCUT2D eigenvalue weighted by Gasteiger charge is -2.32. The van der Waals surface area contributed by atoms with Crippen LogP contribution in [0, 0.1) is 0 Å². The second-order valence-corrected chi connectivity index (χ2v) is 5.47. The summed E-state index contributed by atoms with van der Waals surface area (Å²) in [5, 5.41) is 0.649. The van der Waals surface area contributed by atoms with Crippen molar-refractivity contribution in [2.75, 3.05) is 11.4 Å². The number of alkyl halides is 1. The van der Waals surface area contributed by atoms with Crippen LogP contribution >= 0.6 is 23.2 Å². The van der Waals surface area contributed by atoms with Gasteiger partial charge in [0.1, 0.15) is 5.82 Å². The first kappa shape index (κ1) is 12.0. The fourth-order valence-electron chi connectivity index (χ4n) is 2.25. The van der Waals surface area contributed by atoms with Crippen LogP contribution < -0.4 is 4.90 Å². The molecule has 1 aromatic heterocycles. The Hall–Kier alpha value is -0.470. The molecule has 0 unspecified atom stereocenters. The molecule has 16 heavy (non-hydrogen) atoms. The number of anilines is 1. The highest BCUT2D eigenvalue weighted by molar-refractivity contribution is 6.32. The minimum Gasteiger partial charge on any atom is -0.351 e. The van der Waals surface area contributed by atoms with Crippen LogP contribution in [-0.2, 0) is 5.88 Å². The summed E-state index contributed by atoms with van der Waals surface area (Å²) in [6.45, 7) is 5.55. The number of hydrogen-bond donors (Lipinski definition) is 0. The molecule has 0 aromatic carbocycles. The van der Waals surface area contributed by atoms with E-state index in [-0.39, 0.29) is 5.54 Å². The summed E-state index contributed by atoms with van der Waals surface area (Å²) in [4.78, 5) is 6.86. The van der Waals surface area contributed by atoms with Gasteiger partial charge in [-0.25, -0.2) is 4.98 Å². The summed E-state index contributed by atoms with van der Waals surface area (Å²) in [6, 6.07) is 3.86. The number of nitrogens with zero attached hydrogens (tertiary/aromatic N) is 2. The largest absolute Gasteiger partial charge is 0.351 e. The molecule has 1 saturated heterocycles. The van der Waals surface area contributed by atoms with Gasteiger partial charge in [-0.3, -0.25) is 0 Å². The van der Waals surface area contributed by atoms with Gasteiger partial charge >= 0.3 is 0 Å². The average molecular weight is 259 g/mol. The van der Waals surface area contributed by atoms with Crippen molar-refractivity contribution in [3.05, 3.63) is 22.8 Å². The molecule has 88 valence electrons. The van der Waals surface area contributed by atoms with Gasteiger partial charge in [0.05, 0.1) is 16.6 Å². The van der Waals surface area contributed by atoms with Crippen LogP contribution in [0.5, 0.6) is 0 Å². The van der Waals surface area contributed by atoms with Crippen LogP contribution in [0.2, 0.25) is 5.02 Å². The second kappa shape index (κ2) is 4.42. The summed E-state index contributed by atoms with van der Waals surface area (Å²) in [7, 11) is 0. The van der Waals surface area contributed by atoms with Gasteiger partial charge in [0.25, 0.3) is 0 Å². The molecule has 0 bridgehead atoms. The second-order valence-electron chi connectivity index (χ2n) is 4.80. The van der Waals surface area contributed by atoms with Crippen molar-refractivity contribution in [3.63, 3.8) is 0 Å². The lowest BCUT2D eigenvalue weighted by Crippen LogP contribution is -2.38. The van der Waals surface area contributed by atoms with E-state index in [2.05, 4.69) is 23.7 Å². The van der Waals surface area contributed by atoms with Crippen molar-refractivity contribution in [1.82, 2.24) is 4.98 Å². The summed E-state index contributed by atoms with van der Waals surface area (Å²) >= 11 is 11.8. The Morgan fingerprint density at radius 3 is 2.75 bits per heavy atom. The molecule has 1 fully saturated rings. The fraction of sp³-hybridized carbons (Fsp3) is 0.583. The van der Waals surface area contributed by atoms with Crippen molar-refractivity contribution in [2.24, 2.45) is 0 Å². The van der Waals surface area contributed by atoms with Gasteiger partial charge in [0.15, 0.2) is 0 Å². The molecule has 4 heteroatoms. The molecule has 1 aliphatic rings. The normalized spacial score (nSPS) is 19.1. The number of aromatic nitrogens is 1. The molecule has 1 aromatic rings. The van der Waals surface area contributed by atoms with E-state index in [1.54, 1.807) is 0 Å². The van der Waals surface area contributed by atoms with Crippen molar-refractivity contribution in [3.8, 4) is 0 Å². The van der Waals surface area contributed by atoms with E-state index < -0.39 is 0 Å². The third-order valence-electron chi connectivity index (χ3n) is 3.21. The molecular weight excluding hydrogens is 243 g/mol. The zero-order valence-corrected chi connectivity index (χ0v) is 11.1. The topological polar surface area (TPSA) is 16.1 Å². The molecule has 1 aliphatic heterocycles. The Kier molecular flexibility index (Phi) is 3.32. The van der Waals surface area contributed by atoms with Crippen LogP contribution in [0.1, 0.15) is 32.4 Å². The van der Waals surface area contributed by atoms with Crippen molar-refractivity contribution in [1.29, 1.82) is 0 Å². The highest BCUT2D eigenvalue weighted by Gasteiger charge is 2.32. The van der Waals surface area contributed by atoms with Crippen molar-refractivity contribution >= 4 is 29.0 Å². The molecular formula is C12H16Cl2N2. The van der Waals surface area contributed by atoms with E-state index in [1.165, 1.54) is 12.8 Å². The third kappa shape index (κ3) is 2.14. The summed E-state index contributed by atoms with van der Waals surface area (Å²) < 4.78 is 0. The summed E-state index contributed by atoms with van der Waals surface area (Å²) in [5.41, 5.74) is 0.952. The number of pyridine rings is 1. The number of halogens is 2. The van der Waals surface area contributed by atoms with Crippen LogP contribution in [0.4, 0.5) is 5.82 Å². The van der Waals surface area contributed by atoms with Gasteiger partial charge < -0.3 is 4.90 Å². The first-order valence-electron chi connectivity index (χ1n) is 5.53. The monoisotopic (exact) mass is 258 g/mol. The Labute approximate surface area is 107 Å². The van der Waals surface area contributed by atoms with Gasteiger partial charge in [0.2, 0.25) is 0 Å². The molecule has 0 aliphatic carbocycles. The minimum absolute atomic E-state index is 0.185. The molecule has 0 saturated carbocycles. The average Bonchev–Trinajstić information content (AvgIpc) is 2.59. The van der Waals surface area contributed by atoms with E-state index in [4.69, 9.17) is 23.2 Å². The van der Waals surface area contributed by atoms with Gasteiger partial charge in [0, 0.05) is 12.1 Å². The molecule has 0 atom stereocenters. The van der Waals surface area contributed by atoms with E-state index in [0.717, 1.165) is 18.1 Å². The third-order valence-corrected chi connectivity index (χ3v) is 3.81. The Morgan fingerprint density at radius 1 is 1.44 bits per heavy atom. The van der Waals surface area contributed by atoms with Crippen molar-refractivity contribution < 1.29 is 0 Å². The first-order chi connectivity index (χ1) is 7.54. The molecule has 0 N–H and O–H groups in total. The van der Waals surface area contributed by atoms with Crippen LogP contribution in [-0.4, -0.2) is 17.1 Å². The number of hydrogen-bond acceptors (Lipinski definition) is 2. The lowest BCUT2D eigenvalue weighted by atomic mass is 10.0.